The van der Waals surface area contributed by atoms with Gasteiger partial charge in [0.05, 0.1) is 5.84 Å². The van der Waals surface area contributed by atoms with Crippen molar-refractivity contribution in [1.29, 1.82) is 5.41 Å². The highest BCUT2D eigenvalue weighted by atomic mass is 16.1. The highest BCUT2D eigenvalue weighted by molar-refractivity contribution is 5.95. The first-order valence-corrected chi connectivity index (χ1v) is 7.53. The predicted molar refractivity (Wildman–Crippen MR) is 90.1 cm³/mol. The second-order valence-electron chi connectivity index (χ2n) is 5.65. The Morgan fingerprint density at radius 2 is 1.45 bits per heavy atom. The number of nitrogens with one attached hydrogen (secondary N) is 2. The Balaban J connectivity index is 2.25. The monoisotopic (exact) mass is 294 g/mol. The van der Waals surface area contributed by atoms with Crippen molar-refractivity contribution in [3.63, 3.8) is 0 Å². The molecule has 2 rings (SSSR count). The van der Waals surface area contributed by atoms with Crippen molar-refractivity contribution < 1.29 is 4.79 Å². The van der Waals surface area contributed by atoms with E-state index < -0.39 is 0 Å². The maximum Gasteiger partial charge on any atom is 0.225 e. The number of carbonyl (C=O) groups excluding carboxylic acids is 1. The Morgan fingerprint density at radius 3 is 1.86 bits per heavy atom. The third-order valence-corrected chi connectivity index (χ3v) is 3.72. The van der Waals surface area contributed by atoms with Crippen LogP contribution in [0.15, 0.2) is 60.7 Å². The van der Waals surface area contributed by atoms with E-state index >= 15 is 0 Å². The van der Waals surface area contributed by atoms with Gasteiger partial charge in [0.1, 0.15) is 0 Å². The van der Waals surface area contributed by atoms with Crippen LogP contribution in [0.4, 0.5) is 0 Å². The SMILES string of the molecule is CC(=N)NC(=O)CC(C)C(c1ccccc1)c1ccccc1. The van der Waals surface area contributed by atoms with Gasteiger partial charge >= 0.3 is 0 Å². The Morgan fingerprint density at radius 1 is 1.00 bits per heavy atom. The predicted octanol–water partition coefficient (Wildman–Crippen LogP) is 3.96. The van der Waals surface area contributed by atoms with E-state index in [0.717, 1.165) is 0 Å². The van der Waals surface area contributed by atoms with Gasteiger partial charge in [0.25, 0.3) is 0 Å². The second kappa shape index (κ2) is 7.55. The van der Waals surface area contributed by atoms with Crippen molar-refractivity contribution >= 4 is 11.7 Å². The van der Waals surface area contributed by atoms with Gasteiger partial charge in [-0.25, -0.2) is 0 Å². The molecule has 3 heteroatoms. The van der Waals surface area contributed by atoms with Crippen LogP contribution in [0.3, 0.4) is 0 Å². The Hall–Kier alpha value is -2.42. The first kappa shape index (κ1) is 16.0. The number of hydrogen-bond acceptors (Lipinski definition) is 2. The summed E-state index contributed by atoms with van der Waals surface area (Å²) in [5, 5.41) is 9.95. The van der Waals surface area contributed by atoms with Gasteiger partial charge in [0.2, 0.25) is 5.91 Å². The highest BCUT2D eigenvalue weighted by Gasteiger charge is 2.23. The van der Waals surface area contributed by atoms with E-state index in [4.69, 9.17) is 5.41 Å². The molecule has 2 aromatic rings. The zero-order valence-electron chi connectivity index (χ0n) is 13.0. The largest absolute Gasteiger partial charge is 0.315 e. The molecule has 2 aromatic carbocycles. The number of rotatable bonds is 5. The van der Waals surface area contributed by atoms with Crippen molar-refractivity contribution in [3.8, 4) is 0 Å². The average molecular weight is 294 g/mol. The summed E-state index contributed by atoms with van der Waals surface area (Å²) in [6.45, 7) is 3.66. The fraction of sp³-hybridized carbons (Fsp3) is 0.263. The van der Waals surface area contributed by atoms with E-state index in [1.165, 1.54) is 11.1 Å². The first-order valence-electron chi connectivity index (χ1n) is 7.53. The zero-order chi connectivity index (χ0) is 15.9. The lowest BCUT2D eigenvalue weighted by atomic mass is 9.80. The molecule has 0 aromatic heterocycles. The number of amides is 1. The first-order chi connectivity index (χ1) is 10.6. The van der Waals surface area contributed by atoms with Gasteiger partial charge in [-0.3, -0.25) is 10.2 Å². The lowest BCUT2D eigenvalue weighted by molar-refractivity contribution is -0.120. The average Bonchev–Trinajstić information content (AvgIpc) is 2.48. The molecule has 114 valence electrons. The molecule has 0 bridgehead atoms. The summed E-state index contributed by atoms with van der Waals surface area (Å²) in [5.41, 5.74) is 2.42. The molecule has 3 nitrogen and oxygen atoms in total. The lowest BCUT2D eigenvalue weighted by Crippen LogP contribution is -2.30. The van der Waals surface area contributed by atoms with Gasteiger partial charge in [-0.1, -0.05) is 67.6 Å². The highest BCUT2D eigenvalue weighted by Crippen LogP contribution is 2.33. The third-order valence-electron chi connectivity index (χ3n) is 3.72. The van der Waals surface area contributed by atoms with Crippen LogP contribution in [-0.4, -0.2) is 11.7 Å². The van der Waals surface area contributed by atoms with E-state index in [1.807, 2.05) is 36.4 Å². The van der Waals surface area contributed by atoms with E-state index in [1.54, 1.807) is 6.92 Å². The molecule has 0 aliphatic rings. The molecule has 1 atom stereocenters. The molecule has 0 spiro atoms. The van der Waals surface area contributed by atoms with E-state index in [-0.39, 0.29) is 23.6 Å². The van der Waals surface area contributed by atoms with Crippen LogP contribution in [0.2, 0.25) is 0 Å². The fourth-order valence-corrected chi connectivity index (χ4v) is 2.84. The molecular formula is C19H22N2O. The van der Waals surface area contributed by atoms with Crippen LogP contribution in [0.1, 0.15) is 37.3 Å². The van der Waals surface area contributed by atoms with Crippen molar-refractivity contribution in [2.24, 2.45) is 5.92 Å². The van der Waals surface area contributed by atoms with E-state index in [9.17, 15) is 4.79 Å². The van der Waals surface area contributed by atoms with Gasteiger partial charge in [-0.05, 0) is 24.0 Å². The molecule has 0 radical (unpaired) electrons. The molecule has 1 amide bonds. The molecule has 0 saturated carbocycles. The van der Waals surface area contributed by atoms with Gasteiger partial charge in [-0.2, -0.15) is 0 Å². The third kappa shape index (κ3) is 4.29. The number of carbonyl (C=O) groups is 1. The molecular weight excluding hydrogens is 272 g/mol. The molecule has 0 aliphatic heterocycles. The maximum absolute atomic E-state index is 12.0. The fourth-order valence-electron chi connectivity index (χ4n) is 2.84. The standard InChI is InChI=1S/C19H22N2O/c1-14(13-18(22)21-15(2)20)19(16-9-5-3-6-10-16)17-11-7-4-8-12-17/h3-12,14,19H,13H2,1-2H3,(H2,20,21,22). The van der Waals surface area contributed by atoms with Gasteiger partial charge < -0.3 is 5.32 Å². The number of amidine groups is 1. The van der Waals surface area contributed by atoms with E-state index in [0.29, 0.717) is 6.42 Å². The van der Waals surface area contributed by atoms with Gasteiger partial charge in [-0.15, -0.1) is 0 Å². The van der Waals surface area contributed by atoms with Crippen LogP contribution in [0.5, 0.6) is 0 Å². The van der Waals surface area contributed by atoms with E-state index in [2.05, 4.69) is 36.5 Å². The smallest absolute Gasteiger partial charge is 0.225 e. The van der Waals surface area contributed by atoms with Crippen molar-refractivity contribution in [1.82, 2.24) is 5.32 Å². The normalized spacial score (nSPS) is 12.0. The van der Waals surface area contributed by atoms with Crippen LogP contribution < -0.4 is 5.32 Å². The minimum atomic E-state index is -0.100. The van der Waals surface area contributed by atoms with Crippen molar-refractivity contribution in [2.75, 3.05) is 0 Å². The Bertz CT molecular complexity index is 583. The summed E-state index contributed by atoms with van der Waals surface area (Å²) in [5.74, 6) is 0.397. The summed E-state index contributed by atoms with van der Waals surface area (Å²) >= 11 is 0. The summed E-state index contributed by atoms with van der Waals surface area (Å²) in [6, 6.07) is 20.5. The van der Waals surface area contributed by atoms with Crippen LogP contribution in [-0.2, 0) is 4.79 Å². The zero-order valence-corrected chi connectivity index (χ0v) is 13.0. The molecule has 0 fully saturated rings. The maximum atomic E-state index is 12.0. The quantitative estimate of drug-likeness (QED) is 0.636. The molecule has 1 unspecified atom stereocenters. The molecule has 22 heavy (non-hydrogen) atoms. The topological polar surface area (TPSA) is 53.0 Å². The van der Waals surface area contributed by atoms with Crippen LogP contribution >= 0.6 is 0 Å². The van der Waals surface area contributed by atoms with Crippen LogP contribution in [0, 0.1) is 11.3 Å². The lowest BCUT2D eigenvalue weighted by Gasteiger charge is -2.25. The summed E-state index contributed by atoms with van der Waals surface area (Å²) in [4.78, 5) is 12.0. The minimum absolute atomic E-state index is 0.100. The van der Waals surface area contributed by atoms with Gasteiger partial charge in [0, 0.05) is 12.3 Å². The molecule has 2 N–H and O–H groups in total. The molecule has 0 aliphatic carbocycles. The number of benzene rings is 2. The summed E-state index contributed by atoms with van der Waals surface area (Å²) in [6.07, 6.45) is 0.394. The minimum Gasteiger partial charge on any atom is -0.315 e. The number of hydrogen-bond donors (Lipinski definition) is 2. The van der Waals surface area contributed by atoms with Gasteiger partial charge in [0.15, 0.2) is 0 Å². The Kier molecular flexibility index (Phi) is 5.48. The summed E-state index contributed by atoms with van der Waals surface area (Å²) < 4.78 is 0. The van der Waals surface area contributed by atoms with Crippen molar-refractivity contribution in [2.45, 2.75) is 26.2 Å². The molecule has 0 saturated heterocycles. The summed E-state index contributed by atoms with van der Waals surface area (Å²) in [7, 11) is 0. The van der Waals surface area contributed by atoms with Crippen LogP contribution in [0.25, 0.3) is 0 Å². The second-order valence-corrected chi connectivity index (χ2v) is 5.65. The van der Waals surface area contributed by atoms with Crippen molar-refractivity contribution in [3.05, 3.63) is 71.8 Å². The molecule has 0 heterocycles. The Labute approximate surface area is 131 Å².